The van der Waals surface area contributed by atoms with Crippen LogP contribution in [-0.2, 0) is 14.3 Å². The van der Waals surface area contributed by atoms with Crippen LogP contribution in [0.3, 0.4) is 0 Å². The third kappa shape index (κ3) is 5.31. The highest BCUT2D eigenvalue weighted by Crippen LogP contribution is 2.36. The van der Waals surface area contributed by atoms with E-state index in [2.05, 4.69) is 10.2 Å². The number of nitrogens with zero attached hydrogens (tertiary/aromatic N) is 3. The van der Waals surface area contributed by atoms with Crippen molar-refractivity contribution in [2.75, 3.05) is 52.4 Å². The van der Waals surface area contributed by atoms with Crippen LogP contribution in [-0.4, -0.2) is 97.1 Å². The molecule has 3 saturated heterocycles. The molecule has 7 heteroatoms. The van der Waals surface area contributed by atoms with Gasteiger partial charge < -0.3 is 19.9 Å². The normalized spacial score (nSPS) is 32.1. The monoisotopic (exact) mass is 446 g/mol. The summed E-state index contributed by atoms with van der Waals surface area (Å²) in [5.74, 6) is 1.33. The van der Waals surface area contributed by atoms with E-state index in [-0.39, 0.29) is 29.8 Å². The Kier molecular flexibility index (Phi) is 7.34. The zero-order valence-corrected chi connectivity index (χ0v) is 19.7. The lowest BCUT2D eigenvalue weighted by Crippen LogP contribution is -2.53. The van der Waals surface area contributed by atoms with Crippen molar-refractivity contribution < 1.29 is 14.3 Å². The van der Waals surface area contributed by atoms with Crippen LogP contribution in [0.4, 0.5) is 0 Å². The summed E-state index contributed by atoms with van der Waals surface area (Å²) in [5.41, 5.74) is 0. The number of carbonyl (C=O) groups excluding carboxylic acids is 2. The Morgan fingerprint density at radius 3 is 2.38 bits per heavy atom. The van der Waals surface area contributed by atoms with Crippen molar-refractivity contribution in [2.24, 2.45) is 11.8 Å². The summed E-state index contributed by atoms with van der Waals surface area (Å²) >= 11 is 0. The van der Waals surface area contributed by atoms with E-state index in [1.165, 1.54) is 32.1 Å². The van der Waals surface area contributed by atoms with Crippen LogP contribution in [0.1, 0.15) is 64.2 Å². The molecule has 2 amide bonds. The van der Waals surface area contributed by atoms with Crippen molar-refractivity contribution in [3.05, 3.63) is 0 Å². The van der Waals surface area contributed by atoms with E-state index in [4.69, 9.17) is 4.74 Å². The maximum atomic E-state index is 13.5. The second kappa shape index (κ2) is 10.4. The van der Waals surface area contributed by atoms with Gasteiger partial charge in [0.15, 0.2) is 0 Å². The molecule has 2 saturated carbocycles. The lowest BCUT2D eigenvalue weighted by atomic mass is 9.88. The third-order valence-electron chi connectivity index (χ3n) is 8.40. The maximum absolute atomic E-state index is 13.5. The van der Waals surface area contributed by atoms with E-state index in [0.717, 1.165) is 90.4 Å². The molecule has 0 bridgehead atoms. The highest BCUT2D eigenvalue weighted by atomic mass is 16.5. The second-order valence-electron chi connectivity index (χ2n) is 10.8. The van der Waals surface area contributed by atoms with Gasteiger partial charge in [0.2, 0.25) is 11.8 Å². The van der Waals surface area contributed by atoms with Gasteiger partial charge in [0.1, 0.15) is 6.04 Å². The zero-order chi connectivity index (χ0) is 21.9. The molecule has 5 rings (SSSR count). The Hall–Kier alpha value is -1.18. The van der Waals surface area contributed by atoms with Crippen LogP contribution in [0.2, 0.25) is 0 Å². The summed E-state index contributed by atoms with van der Waals surface area (Å²) in [6.45, 7) is 6.88. The highest BCUT2D eigenvalue weighted by Gasteiger charge is 2.47. The molecule has 7 nitrogen and oxygen atoms in total. The second-order valence-corrected chi connectivity index (χ2v) is 10.8. The van der Waals surface area contributed by atoms with E-state index in [0.29, 0.717) is 6.10 Å². The van der Waals surface area contributed by atoms with Crippen LogP contribution in [0.5, 0.6) is 0 Å². The topological polar surface area (TPSA) is 65.1 Å². The zero-order valence-electron chi connectivity index (χ0n) is 19.7. The average molecular weight is 447 g/mol. The first-order chi connectivity index (χ1) is 15.7. The predicted octanol–water partition coefficient (Wildman–Crippen LogP) is 1.86. The molecule has 5 aliphatic rings. The molecule has 1 N–H and O–H groups in total. The molecule has 3 aliphatic heterocycles. The summed E-state index contributed by atoms with van der Waals surface area (Å²) < 4.78 is 6.02. The van der Waals surface area contributed by atoms with Gasteiger partial charge in [-0.25, -0.2) is 0 Å². The number of likely N-dealkylation sites (tertiary alicyclic amines) is 1. The summed E-state index contributed by atoms with van der Waals surface area (Å²) in [5, 5.41) is 3.34. The summed E-state index contributed by atoms with van der Waals surface area (Å²) in [6, 6.07) is 0.00486. The number of ether oxygens (including phenoxy) is 1. The molecular formula is C25H42N4O3. The number of amides is 2. The predicted molar refractivity (Wildman–Crippen MR) is 123 cm³/mol. The highest BCUT2D eigenvalue weighted by molar-refractivity contribution is 5.90. The Labute approximate surface area is 193 Å². The van der Waals surface area contributed by atoms with E-state index in [9.17, 15) is 9.59 Å². The molecule has 0 aromatic carbocycles. The number of hydrogen-bond acceptors (Lipinski definition) is 5. The third-order valence-corrected chi connectivity index (χ3v) is 8.40. The molecule has 3 atom stereocenters. The number of nitrogens with one attached hydrogen (secondary N) is 1. The van der Waals surface area contributed by atoms with Gasteiger partial charge in [-0.1, -0.05) is 19.3 Å². The van der Waals surface area contributed by atoms with Gasteiger partial charge >= 0.3 is 0 Å². The van der Waals surface area contributed by atoms with Crippen LogP contribution in [0.15, 0.2) is 0 Å². The number of piperazine rings is 1. The molecule has 2 aliphatic carbocycles. The molecule has 0 spiro atoms. The fraction of sp³-hybridized carbons (Fsp3) is 0.920. The minimum atomic E-state index is -0.274. The summed E-state index contributed by atoms with van der Waals surface area (Å²) in [7, 11) is 0. The number of carbonyl (C=O) groups is 2. The molecule has 32 heavy (non-hydrogen) atoms. The SMILES string of the molecule is O=C(C1CC(N(CC2CCCCC2)CC2CCCO2)CN1C(=O)C1CC1)N1CCNCC1. The van der Waals surface area contributed by atoms with Crippen LogP contribution in [0.25, 0.3) is 0 Å². The van der Waals surface area contributed by atoms with Gasteiger partial charge in [-0.3, -0.25) is 14.5 Å². The van der Waals surface area contributed by atoms with E-state index >= 15 is 0 Å². The summed E-state index contributed by atoms with van der Waals surface area (Å²) in [4.78, 5) is 33.3. The first-order valence-electron chi connectivity index (χ1n) is 13.3. The Morgan fingerprint density at radius 1 is 0.906 bits per heavy atom. The van der Waals surface area contributed by atoms with Gasteiger partial charge in [0, 0.05) is 64.4 Å². The fourth-order valence-corrected chi connectivity index (χ4v) is 6.34. The lowest BCUT2D eigenvalue weighted by Gasteiger charge is -2.35. The Bertz CT molecular complexity index is 652. The van der Waals surface area contributed by atoms with Crippen molar-refractivity contribution >= 4 is 11.8 Å². The number of rotatable bonds is 7. The smallest absolute Gasteiger partial charge is 0.245 e. The van der Waals surface area contributed by atoms with Crippen LogP contribution in [0, 0.1) is 11.8 Å². The largest absolute Gasteiger partial charge is 0.377 e. The van der Waals surface area contributed by atoms with Gasteiger partial charge in [0.25, 0.3) is 0 Å². The molecular weight excluding hydrogens is 404 g/mol. The molecule has 0 aromatic rings. The van der Waals surface area contributed by atoms with Crippen molar-refractivity contribution in [3.8, 4) is 0 Å². The Balaban J connectivity index is 1.31. The summed E-state index contributed by atoms with van der Waals surface area (Å²) in [6.07, 6.45) is 12.1. The van der Waals surface area contributed by atoms with Gasteiger partial charge in [-0.15, -0.1) is 0 Å². The molecule has 180 valence electrons. The first kappa shape index (κ1) is 22.6. The van der Waals surface area contributed by atoms with Crippen molar-refractivity contribution in [1.82, 2.24) is 20.0 Å². The molecule has 3 heterocycles. The Morgan fingerprint density at radius 2 is 1.69 bits per heavy atom. The van der Waals surface area contributed by atoms with Gasteiger partial charge in [-0.05, 0) is 50.9 Å². The molecule has 5 fully saturated rings. The first-order valence-corrected chi connectivity index (χ1v) is 13.3. The molecule has 3 unspecified atom stereocenters. The van der Waals surface area contributed by atoms with Crippen LogP contribution < -0.4 is 5.32 Å². The van der Waals surface area contributed by atoms with E-state index < -0.39 is 0 Å². The van der Waals surface area contributed by atoms with Crippen molar-refractivity contribution in [1.29, 1.82) is 0 Å². The standard InChI is InChI=1S/C25H42N4O3/c30-24(20-8-9-20)29-17-21(15-23(29)25(31)27-12-10-26-11-13-27)28(18-22-7-4-14-32-22)16-19-5-2-1-3-6-19/h19-23,26H,1-18H2. The average Bonchev–Trinajstić information content (AvgIpc) is 3.38. The van der Waals surface area contributed by atoms with E-state index in [1.54, 1.807) is 0 Å². The fourth-order valence-electron chi connectivity index (χ4n) is 6.34. The quantitative estimate of drug-likeness (QED) is 0.647. The van der Waals surface area contributed by atoms with Gasteiger partial charge in [0.05, 0.1) is 6.10 Å². The van der Waals surface area contributed by atoms with Gasteiger partial charge in [-0.2, -0.15) is 0 Å². The maximum Gasteiger partial charge on any atom is 0.245 e. The molecule has 0 aromatic heterocycles. The minimum Gasteiger partial charge on any atom is -0.377 e. The lowest BCUT2D eigenvalue weighted by molar-refractivity contribution is -0.144. The number of hydrogen-bond donors (Lipinski definition) is 1. The van der Waals surface area contributed by atoms with E-state index in [1.807, 2.05) is 9.80 Å². The van der Waals surface area contributed by atoms with Crippen molar-refractivity contribution in [3.63, 3.8) is 0 Å². The van der Waals surface area contributed by atoms with Crippen LogP contribution >= 0.6 is 0 Å². The molecule has 0 radical (unpaired) electrons. The van der Waals surface area contributed by atoms with Crippen molar-refractivity contribution in [2.45, 2.75) is 82.4 Å². The minimum absolute atomic E-state index is 0.164.